The SMILES string of the molecule is CN(C)CCOc1ccc2c(ccc3occ([C@H]4CCC(=O)CC4=O)c32)c1. The first kappa shape index (κ1) is 17.7. The molecule has 1 atom stereocenters. The first-order valence-electron chi connectivity index (χ1n) is 9.29. The van der Waals surface area contributed by atoms with Crippen LogP contribution in [0, 0.1) is 0 Å². The number of likely N-dealkylation sites (N-methyl/N-ethyl adjacent to an activating group) is 1. The van der Waals surface area contributed by atoms with Crippen molar-refractivity contribution < 1.29 is 18.7 Å². The summed E-state index contributed by atoms with van der Waals surface area (Å²) in [6.45, 7) is 1.48. The Kier molecular flexibility index (Phi) is 4.70. The Labute approximate surface area is 157 Å². The van der Waals surface area contributed by atoms with E-state index in [0.717, 1.165) is 39.6 Å². The van der Waals surface area contributed by atoms with Gasteiger partial charge in [0.05, 0.1) is 12.7 Å². The van der Waals surface area contributed by atoms with Gasteiger partial charge in [-0.1, -0.05) is 6.07 Å². The van der Waals surface area contributed by atoms with E-state index >= 15 is 0 Å². The summed E-state index contributed by atoms with van der Waals surface area (Å²) in [4.78, 5) is 26.1. The predicted molar refractivity (Wildman–Crippen MR) is 104 cm³/mol. The van der Waals surface area contributed by atoms with Crippen LogP contribution in [0.15, 0.2) is 41.0 Å². The second-order valence-electron chi connectivity index (χ2n) is 7.44. The highest BCUT2D eigenvalue weighted by atomic mass is 16.5. The van der Waals surface area contributed by atoms with Crippen LogP contribution in [0.1, 0.15) is 30.7 Å². The van der Waals surface area contributed by atoms with Gasteiger partial charge in [0.15, 0.2) is 0 Å². The van der Waals surface area contributed by atoms with Gasteiger partial charge in [0.2, 0.25) is 0 Å². The normalized spacial score (nSPS) is 18.0. The molecule has 1 aliphatic rings. The molecule has 3 aromatic rings. The van der Waals surface area contributed by atoms with Crippen molar-refractivity contribution in [3.63, 3.8) is 0 Å². The largest absolute Gasteiger partial charge is 0.492 e. The Bertz CT molecular complexity index is 1020. The van der Waals surface area contributed by atoms with Gasteiger partial charge < -0.3 is 14.1 Å². The number of fused-ring (bicyclic) bond motifs is 3. The van der Waals surface area contributed by atoms with Crippen LogP contribution < -0.4 is 4.74 Å². The van der Waals surface area contributed by atoms with Gasteiger partial charge in [-0.25, -0.2) is 0 Å². The fourth-order valence-corrected chi connectivity index (χ4v) is 3.76. The van der Waals surface area contributed by atoms with Crippen LogP contribution in [0.2, 0.25) is 0 Å². The lowest BCUT2D eigenvalue weighted by molar-refractivity contribution is -0.130. The van der Waals surface area contributed by atoms with Gasteiger partial charge in [-0.15, -0.1) is 0 Å². The van der Waals surface area contributed by atoms with E-state index in [4.69, 9.17) is 9.15 Å². The minimum absolute atomic E-state index is 0.00501. The molecule has 1 heterocycles. The zero-order chi connectivity index (χ0) is 19.0. The number of ketones is 2. The van der Waals surface area contributed by atoms with Crippen LogP contribution in [0.3, 0.4) is 0 Å². The Hall–Kier alpha value is -2.66. The van der Waals surface area contributed by atoms with Crippen LogP contribution in [-0.2, 0) is 9.59 Å². The fraction of sp³-hybridized carbons (Fsp3) is 0.364. The number of rotatable bonds is 5. The number of carbonyl (C=O) groups excluding carboxylic acids is 2. The van der Waals surface area contributed by atoms with Gasteiger partial charge in [0.25, 0.3) is 0 Å². The molecule has 0 unspecified atom stereocenters. The summed E-state index contributed by atoms with van der Waals surface area (Å²) in [7, 11) is 4.03. The smallest absolute Gasteiger partial charge is 0.147 e. The van der Waals surface area contributed by atoms with Crippen LogP contribution in [0.4, 0.5) is 0 Å². The molecule has 0 bridgehead atoms. The van der Waals surface area contributed by atoms with Crippen molar-refractivity contribution in [2.75, 3.05) is 27.2 Å². The number of furan rings is 1. The number of Topliss-reactive ketones (excluding diaryl/α,β-unsaturated/α-hetero) is 2. The van der Waals surface area contributed by atoms with Gasteiger partial charge in [0.1, 0.15) is 29.5 Å². The number of hydrogen-bond acceptors (Lipinski definition) is 5. The summed E-state index contributed by atoms with van der Waals surface area (Å²) in [5.41, 5.74) is 1.66. The summed E-state index contributed by atoms with van der Waals surface area (Å²) in [6, 6.07) is 9.95. The summed E-state index contributed by atoms with van der Waals surface area (Å²) < 4.78 is 11.6. The van der Waals surface area contributed by atoms with Crippen molar-refractivity contribution in [1.29, 1.82) is 0 Å². The molecule has 5 nitrogen and oxygen atoms in total. The molecule has 5 heteroatoms. The van der Waals surface area contributed by atoms with Crippen molar-refractivity contribution in [2.24, 2.45) is 0 Å². The molecule has 0 aliphatic heterocycles. The molecule has 4 rings (SSSR count). The molecular formula is C22H23NO4. The molecule has 1 aliphatic carbocycles. The third kappa shape index (κ3) is 3.47. The number of carbonyl (C=O) groups is 2. The Morgan fingerprint density at radius 2 is 2.04 bits per heavy atom. The maximum Gasteiger partial charge on any atom is 0.147 e. The molecule has 0 spiro atoms. The highest BCUT2D eigenvalue weighted by molar-refractivity contribution is 6.11. The number of benzene rings is 2. The van der Waals surface area contributed by atoms with E-state index in [1.807, 2.05) is 44.4 Å². The van der Waals surface area contributed by atoms with Crippen LogP contribution in [0.25, 0.3) is 21.7 Å². The zero-order valence-corrected chi connectivity index (χ0v) is 15.7. The fourth-order valence-electron chi connectivity index (χ4n) is 3.76. The summed E-state index contributed by atoms with van der Waals surface area (Å²) >= 11 is 0. The van der Waals surface area contributed by atoms with E-state index in [-0.39, 0.29) is 23.9 Å². The molecule has 27 heavy (non-hydrogen) atoms. The van der Waals surface area contributed by atoms with E-state index in [9.17, 15) is 9.59 Å². The van der Waals surface area contributed by atoms with Crippen LogP contribution in [-0.4, -0.2) is 43.7 Å². The Morgan fingerprint density at radius 1 is 1.19 bits per heavy atom. The first-order chi connectivity index (χ1) is 13.0. The third-order valence-electron chi connectivity index (χ3n) is 5.21. The Morgan fingerprint density at radius 3 is 2.81 bits per heavy atom. The van der Waals surface area contributed by atoms with Crippen molar-refractivity contribution in [3.8, 4) is 5.75 Å². The molecule has 1 aromatic heterocycles. The molecule has 140 valence electrons. The van der Waals surface area contributed by atoms with E-state index in [1.165, 1.54) is 0 Å². The van der Waals surface area contributed by atoms with Gasteiger partial charge in [-0.05, 0) is 55.6 Å². The summed E-state index contributed by atoms with van der Waals surface area (Å²) in [6.07, 6.45) is 2.74. The van der Waals surface area contributed by atoms with Crippen LogP contribution >= 0.6 is 0 Å². The monoisotopic (exact) mass is 365 g/mol. The zero-order valence-electron chi connectivity index (χ0n) is 15.7. The second kappa shape index (κ2) is 7.16. The quantitative estimate of drug-likeness (QED) is 0.641. The van der Waals surface area contributed by atoms with Crippen molar-refractivity contribution in [2.45, 2.75) is 25.2 Å². The lowest BCUT2D eigenvalue weighted by Crippen LogP contribution is -2.23. The topological polar surface area (TPSA) is 59.8 Å². The maximum atomic E-state index is 12.4. The van der Waals surface area contributed by atoms with E-state index in [2.05, 4.69) is 4.90 Å². The molecule has 0 radical (unpaired) electrons. The molecule has 0 saturated heterocycles. The maximum absolute atomic E-state index is 12.4. The minimum atomic E-state index is -0.259. The Balaban J connectivity index is 1.71. The average molecular weight is 365 g/mol. The van der Waals surface area contributed by atoms with Gasteiger partial charge in [-0.2, -0.15) is 0 Å². The standard InChI is InChI=1S/C22H23NO4/c1-23(2)9-10-26-16-5-7-17-14(11-16)3-8-21-22(17)19(13-27-21)18-6-4-15(24)12-20(18)25/h3,5,7-8,11,13,18H,4,6,9-10,12H2,1-2H3/t18-/m1/s1. The molecule has 0 N–H and O–H groups in total. The van der Waals surface area contributed by atoms with Crippen molar-refractivity contribution in [3.05, 3.63) is 42.2 Å². The third-order valence-corrected chi connectivity index (χ3v) is 5.21. The molecule has 1 fully saturated rings. The summed E-state index contributed by atoms with van der Waals surface area (Å²) in [5.74, 6) is 0.599. The van der Waals surface area contributed by atoms with Crippen molar-refractivity contribution >= 4 is 33.3 Å². The molecule has 2 aromatic carbocycles. The van der Waals surface area contributed by atoms with Gasteiger partial charge >= 0.3 is 0 Å². The van der Waals surface area contributed by atoms with E-state index < -0.39 is 0 Å². The van der Waals surface area contributed by atoms with Gasteiger partial charge in [-0.3, -0.25) is 9.59 Å². The van der Waals surface area contributed by atoms with E-state index in [0.29, 0.717) is 19.4 Å². The number of ether oxygens (including phenoxy) is 1. The second-order valence-corrected chi connectivity index (χ2v) is 7.44. The highest BCUT2D eigenvalue weighted by Crippen LogP contribution is 2.38. The minimum Gasteiger partial charge on any atom is -0.492 e. The van der Waals surface area contributed by atoms with Gasteiger partial charge in [0, 0.05) is 29.8 Å². The van der Waals surface area contributed by atoms with Crippen molar-refractivity contribution in [1.82, 2.24) is 4.90 Å². The highest BCUT2D eigenvalue weighted by Gasteiger charge is 2.31. The predicted octanol–water partition coefficient (Wildman–Crippen LogP) is 3.93. The summed E-state index contributed by atoms with van der Waals surface area (Å²) in [5, 5.41) is 3.06. The molecule has 0 amide bonds. The number of hydrogen-bond donors (Lipinski definition) is 0. The first-order valence-corrected chi connectivity index (χ1v) is 9.29. The lowest BCUT2D eigenvalue weighted by atomic mass is 9.81. The number of nitrogens with zero attached hydrogens (tertiary/aromatic N) is 1. The lowest BCUT2D eigenvalue weighted by Gasteiger charge is -2.19. The molecule has 1 saturated carbocycles. The van der Waals surface area contributed by atoms with E-state index in [1.54, 1.807) is 6.26 Å². The average Bonchev–Trinajstić information content (AvgIpc) is 3.05. The molecular weight excluding hydrogens is 342 g/mol. The van der Waals surface area contributed by atoms with Crippen LogP contribution in [0.5, 0.6) is 5.75 Å².